The quantitative estimate of drug-likeness (QED) is 0.679. The van der Waals surface area contributed by atoms with Crippen molar-refractivity contribution in [3.8, 4) is 11.5 Å². The van der Waals surface area contributed by atoms with Gasteiger partial charge in [-0.1, -0.05) is 0 Å². The topological polar surface area (TPSA) is 89.4 Å². The number of benzene rings is 2. The van der Waals surface area contributed by atoms with Crippen LogP contribution >= 0.6 is 0 Å². The zero-order valence-corrected chi connectivity index (χ0v) is 12.2. The molecule has 1 atom stereocenters. The van der Waals surface area contributed by atoms with Crippen LogP contribution in [0.25, 0.3) is 11.0 Å². The molecule has 0 bridgehead atoms. The lowest BCUT2D eigenvalue weighted by Gasteiger charge is -2.26. The van der Waals surface area contributed by atoms with Crippen LogP contribution in [0.5, 0.6) is 11.5 Å². The van der Waals surface area contributed by atoms with Gasteiger partial charge in [0.1, 0.15) is 11.5 Å². The lowest BCUT2D eigenvalue weighted by molar-refractivity contribution is -0.117. The fraction of sp³-hybridized carbons (Fsp3) is 0.176. The fourth-order valence-corrected chi connectivity index (χ4v) is 3.19. The Bertz CT molecular complexity index is 903. The van der Waals surface area contributed by atoms with E-state index in [1.54, 1.807) is 17.3 Å². The van der Waals surface area contributed by atoms with Crippen molar-refractivity contribution in [1.29, 1.82) is 0 Å². The number of hydrogen-bond donors (Lipinski definition) is 3. The maximum atomic E-state index is 12.4. The number of aromatic hydroxyl groups is 2. The molecule has 116 valence electrons. The Kier molecular flexibility index (Phi) is 2.97. The number of hydrogen-bond acceptors (Lipinski definition) is 4. The third kappa shape index (κ3) is 2.19. The van der Waals surface area contributed by atoms with E-state index < -0.39 is 0 Å². The molecule has 6 nitrogen and oxygen atoms in total. The maximum Gasteiger partial charge on any atom is 0.227 e. The Hall–Kier alpha value is -3.02. The number of H-pyrrole nitrogens is 1. The molecular formula is C17H15N3O3. The van der Waals surface area contributed by atoms with Gasteiger partial charge in [0.2, 0.25) is 5.91 Å². The lowest BCUT2D eigenvalue weighted by Crippen LogP contribution is -2.27. The largest absolute Gasteiger partial charge is 0.508 e. The van der Waals surface area contributed by atoms with Gasteiger partial charge < -0.3 is 20.1 Å². The van der Waals surface area contributed by atoms with Crippen molar-refractivity contribution in [2.24, 2.45) is 0 Å². The molecule has 1 aromatic heterocycles. The van der Waals surface area contributed by atoms with Crippen molar-refractivity contribution >= 4 is 22.6 Å². The third-order valence-electron chi connectivity index (χ3n) is 4.27. The second kappa shape index (κ2) is 5.01. The smallest absolute Gasteiger partial charge is 0.227 e. The molecule has 0 saturated carbocycles. The summed E-state index contributed by atoms with van der Waals surface area (Å²) in [7, 11) is 0. The van der Waals surface area contributed by atoms with Crippen LogP contribution < -0.4 is 4.90 Å². The summed E-state index contributed by atoms with van der Waals surface area (Å²) in [6.45, 7) is 0. The van der Waals surface area contributed by atoms with Crippen molar-refractivity contribution in [3.63, 3.8) is 0 Å². The average molecular weight is 309 g/mol. The molecule has 4 rings (SSSR count). The molecule has 2 heterocycles. The number of aromatic nitrogens is 2. The van der Waals surface area contributed by atoms with E-state index >= 15 is 0 Å². The van der Waals surface area contributed by atoms with Crippen molar-refractivity contribution in [3.05, 3.63) is 48.3 Å². The predicted molar refractivity (Wildman–Crippen MR) is 85.3 cm³/mol. The standard InChI is InChI=1S/C17H15N3O3/c21-11-2-3-12(16(22)8-11)15-5-6-17(23)20(15)10-1-4-13-14(7-10)19-9-18-13/h1-4,7-9,15,21-22H,5-6H2,(H,18,19). The van der Waals surface area contributed by atoms with Gasteiger partial charge in [0, 0.05) is 23.7 Å². The van der Waals surface area contributed by atoms with E-state index in [9.17, 15) is 15.0 Å². The molecule has 6 heteroatoms. The molecule has 1 saturated heterocycles. The molecule has 1 unspecified atom stereocenters. The van der Waals surface area contributed by atoms with Gasteiger partial charge in [-0.25, -0.2) is 4.98 Å². The summed E-state index contributed by atoms with van der Waals surface area (Å²) in [5.74, 6) is 0.0136. The van der Waals surface area contributed by atoms with Crippen LogP contribution in [-0.4, -0.2) is 26.1 Å². The van der Waals surface area contributed by atoms with Crippen molar-refractivity contribution in [2.75, 3.05) is 4.90 Å². The van der Waals surface area contributed by atoms with E-state index in [0.29, 0.717) is 18.4 Å². The summed E-state index contributed by atoms with van der Waals surface area (Å²) in [4.78, 5) is 21.3. The average Bonchev–Trinajstić information content (AvgIpc) is 3.13. The number of anilines is 1. The van der Waals surface area contributed by atoms with E-state index in [1.165, 1.54) is 12.1 Å². The summed E-state index contributed by atoms with van der Waals surface area (Å²) in [6, 6.07) is 9.84. The molecule has 23 heavy (non-hydrogen) atoms. The Morgan fingerprint density at radius 1 is 1.17 bits per heavy atom. The number of carbonyl (C=O) groups excluding carboxylic acids is 1. The van der Waals surface area contributed by atoms with Crippen molar-refractivity contribution in [2.45, 2.75) is 18.9 Å². The molecule has 0 spiro atoms. The fourth-order valence-electron chi connectivity index (χ4n) is 3.19. The summed E-state index contributed by atoms with van der Waals surface area (Å²) in [5, 5.41) is 19.6. The molecule has 3 N–H and O–H groups in total. The first-order valence-corrected chi connectivity index (χ1v) is 7.40. The van der Waals surface area contributed by atoms with Crippen LogP contribution in [0.3, 0.4) is 0 Å². The molecule has 0 aliphatic carbocycles. The van der Waals surface area contributed by atoms with Crippen LogP contribution in [0, 0.1) is 0 Å². The minimum absolute atomic E-state index is 0.000929. The number of nitrogens with one attached hydrogen (secondary N) is 1. The van der Waals surface area contributed by atoms with Crippen LogP contribution in [0.15, 0.2) is 42.7 Å². The lowest BCUT2D eigenvalue weighted by atomic mass is 10.0. The van der Waals surface area contributed by atoms with Crippen molar-refractivity contribution < 1.29 is 15.0 Å². The van der Waals surface area contributed by atoms with Gasteiger partial charge in [-0.3, -0.25) is 4.79 Å². The van der Waals surface area contributed by atoms with E-state index in [4.69, 9.17) is 0 Å². The predicted octanol–water partition coefficient (Wildman–Crippen LogP) is 2.84. The van der Waals surface area contributed by atoms with Crippen molar-refractivity contribution in [1.82, 2.24) is 9.97 Å². The molecule has 1 fully saturated rings. The van der Waals surface area contributed by atoms with Gasteiger partial charge >= 0.3 is 0 Å². The summed E-state index contributed by atoms with van der Waals surface area (Å²) >= 11 is 0. The van der Waals surface area contributed by atoms with Gasteiger partial charge in [0.25, 0.3) is 0 Å². The highest BCUT2D eigenvalue weighted by Gasteiger charge is 2.34. The van der Waals surface area contributed by atoms with E-state index in [2.05, 4.69) is 9.97 Å². The number of phenols is 2. The number of phenolic OH excluding ortho intramolecular Hbond substituents is 2. The zero-order valence-electron chi connectivity index (χ0n) is 12.2. The monoisotopic (exact) mass is 309 g/mol. The van der Waals surface area contributed by atoms with Gasteiger partial charge in [-0.2, -0.15) is 0 Å². The Labute approximate surface area is 132 Å². The second-order valence-electron chi connectivity index (χ2n) is 5.67. The highest BCUT2D eigenvalue weighted by atomic mass is 16.3. The van der Waals surface area contributed by atoms with Crippen LogP contribution in [0.1, 0.15) is 24.4 Å². The molecule has 2 aromatic carbocycles. The summed E-state index contributed by atoms with van der Waals surface area (Å²) < 4.78 is 0. The Morgan fingerprint density at radius 3 is 2.87 bits per heavy atom. The number of carbonyl (C=O) groups is 1. The molecular weight excluding hydrogens is 294 g/mol. The number of fused-ring (bicyclic) bond motifs is 1. The summed E-state index contributed by atoms with van der Waals surface area (Å²) in [5.41, 5.74) is 3.10. The number of rotatable bonds is 2. The van der Waals surface area contributed by atoms with Crippen LogP contribution in [0.2, 0.25) is 0 Å². The van der Waals surface area contributed by atoms with Gasteiger partial charge in [0.05, 0.1) is 23.4 Å². The molecule has 3 aromatic rings. The van der Waals surface area contributed by atoms with E-state index in [0.717, 1.165) is 16.7 Å². The minimum atomic E-state index is -0.247. The second-order valence-corrected chi connectivity index (χ2v) is 5.67. The first-order valence-electron chi connectivity index (χ1n) is 7.40. The maximum absolute atomic E-state index is 12.4. The zero-order chi connectivity index (χ0) is 16.0. The first-order chi connectivity index (χ1) is 11.1. The normalized spacial score (nSPS) is 18.0. The first kappa shape index (κ1) is 13.6. The van der Waals surface area contributed by atoms with Gasteiger partial charge in [-0.05, 0) is 36.8 Å². The molecule has 0 radical (unpaired) electrons. The number of aromatic amines is 1. The van der Waals surface area contributed by atoms with Crippen LogP contribution in [0.4, 0.5) is 5.69 Å². The Morgan fingerprint density at radius 2 is 2.04 bits per heavy atom. The minimum Gasteiger partial charge on any atom is -0.508 e. The van der Waals surface area contributed by atoms with Gasteiger partial charge in [0.15, 0.2) is 0 Å². The van der Waals surface area contributed by atoms with E-state index in [1.807, 2.05) is 18.2 Å². The van der Waals surface area contributed by atoms with E-state index in [-0.39, 0.29) is 23.4 Å². The number of nitrogens with zero attached hydrogens (tertiary/aromatic N) is 2. The highest BCUT2D eigenvalue weighted by molar-refractivity contribution is 5.98. The molecule has 1 amide bonds. The number of imidazole rings is 1. The SMILES string of the molecule is O=C1CCC(c2ccc(O)cc2O)N1c1ccc2nc[nH]c2c1. The Balaban J connectivity index is 1.79. The highest BCUT2D eigenvalue weighted by Crippen LogP contribution is 2.41. The molecule has 1 aliphatic rings. The third-order valence-corrected chi connectivity index (χ3v) is 4.27. The number of amides is 1. The van der Waals surface area contributed by atoms with Gasteiger partial charge in [-0.15, -0.1) is 0 Å². The summed E-state index contributed by atoms with van der Waals surface area (Å²) in [6.07, 6.45) is 2.66. The molecule has 1 aliphatic heterocycles. The van der Waals surface area contributed by atoms with Crippen LogP contribution in [-0.2, 0) is 4.79 Å².